The van der Waals surface area contributed by atoms with Crippen molar-refractivity contribution in [2.24, 2.45) is 0 Å². The van der Waals surface area contributed by atoms with Crippen molar-refractivity contribution in [3.63, 3.8) is 0 Å². The van der Waals surface area contributed by atoms with Gasteiger partial charge in [-0.15, -0.1) is 0 Å². The Morgan fingerprint density at radius 3 is 1.97 bits per heavy atom. The van der Waals surface area contributed by atoms with Crippen LogP contribution in [0, 0.1) is 11.3 Å². The Kier molecular flexibility index (Phi) is 6.58. The van der Waals surface area contributed by atoms with Crippen LogP contribution in [0.2, 0.25) is 0 Å². The molecule has 0 heterocycles. The molecule has 3 aromatic rings. The minimum Gasteiger partial charge on any atom is -0.482 e. The van der Waals surface area contributed by atoms with Gasteiger partial charge in [0.25, 0.3) is 5.91 Å². The fourth-order valence-corrected chi connectivity index (χ4v) is 2.85. The number of carbonyl (C=O) groups excluding carboxylic acids is 2. The minimum atomic E-state index is -0.571. The zero-order valence-corrected chi connectivity index (χ0v) is 15.5. The van der Waals surface area contributed by atoms with E-state index in [0.29, 0.717) is 11.3 Å². The third-order valence-electron chi connectivity index (χ3n) is 4.22. The van der Waals surface area contributed by atoms with Crippen LogP contribution in [0.5, 0.6) is 5.75 Å². The number of nitrogens with zero attached hydrogens (tertiary/aromatic N) is 1. The van der Waals surface area contributed by atoms with Crippen molar-refractivity contribution in [3.05, 3.63) is 102 Å². The standard InChI is InChI=1S/C23H19N3O3/c24-15-19-13-7-8-14-20(19)29-16-21(27)25-26-23(28)22(17-9-3-1-4-10-17)18-11-5-2-6-12-18/h1-14,22H,16H2,(H,25,27)(H,26,28). The number of amides is 2. The summed E-state index contributed by atoms with van der Waals surface area (Å²) in [4.78, 5) is 24.9. The van der Waals surface area contributed by atoms with Crippen LogP contribution in [0.3, 0.4) is 0 Å². The van der Waals surface area contributed by atoms with E-state index in [1.807, 2.05) is 66.7 Å². The molecule has 0 unspecified atom stereocenters. The van der Waals surface area contributed by atoms with Crippen LogP contribution in [0.4, 0.5) is 0 Å². The first-order valence-electron chi connectivity index (χ1n) is 8.99. The van der Waals surface area contributed by atoms with E-state index in [1.165, 1.54) is 0 Å². The van der Waals surface area contributed by atoms with Gasteiger partial charge in [0.2, 0.25) is 5.91 Å². The van der Waals surface area contributed by atoms with Gasteiger partial charge in [0.1, 0.15) is 11.8 Å². The second-order valence-electron chi connectivity index (χ2n) is 6.19. The minimum absolute atomic E-state index is 0.308. The lowest BCUT2D eigenvalue weighted by Gasteiger charge is -2.18. The van der Waals surface area contributed by atoms with Crippen LogP contribution in [0.1, 0.15) is 22.6 Å². The van der Waals surface area contributed by atoms with Gasteiger partial charge in [-0.2, -0.15) is 5.26 Å². The van der Waals surface area contributed by atoms with E-state index >= 15 is 0 Å². The van der Waals surface area contributed by atoms with Crippen LogP contribution >= 0.6 is 0 Å². The van der Waals surface area contributed by atoms with E-state index in [0.717, 1.165) is 11.1 Å². The van der Waals surface area contributed by atoms with Crippen LogP contribution in [0.15, 0.2) is 84.9 Å². The lowest BCUT2D eigenvalue weighted by molar-refractivity contribution is -0.130. The number of para-hydroxylation sites is 1. The van der Waals surface area contributed by atoms with Gasteiger partial charge in [-0.1, -0.05) is 72.8 Å². The molecule has 0 fully saturated rings. The largest absolute Gasteiger partial charge is 0.482 e. The summed E-state index contributed by atoms with van der Waals surface area (Å²) in [7, 11) is 0. The highest BCUT2D eigenvalue weighted by molar-refractivity contribution is 5.89. The molecule has 0 aliphatic heterocycles. The second-order valence-corrected chi connectivity index (χ2v) is 6.19. The van der Waals surface area contributed by atoms with E-state index in [2.05, 4.69) is 10.9 Å². The van der Waals surface area contributed by atoms with E-state index in [4.69, 9.17) is 10.00 Å². The summed E-state index contributed by atoms with van der Waals surface area (Å²) >= 11 is 0. The Morgan fingerprint density at radius 2 is 1.38 bits per heavy atom. The Morgan fingerprint density at radius 1 is 0.828 bits per heavy atom. The maximum Gasteiger partial charge on any atom is 0.276 e. The van der Waals surface area contributed by atoms with Gasteiger partial charge in [0, 0.05) is 0 Å². The van der Waals surface area contributed by atoms with E-state index in [1.54, 1.807) is 24.3 Å². The molecule has 0 saturated heterocycles. The molecule has 6 heteroatoms. The maximum atomic E-state index is 12.8. The predicted molar refractivity (Wildman–Crippen MR) is 108 cm³/mol. The Bertz CT molecular complexity index is 975. The second kappa shape index (κ2) is 9.72. The Labute approximate surface area is 168 Å². The molecule has 2 amide bonds. The van der Waals surface area contributed by atoms with Gasteiger partial charge in [-0.05, 0) is 23.3 Å². The number of rotatable bonds is 6. The van der Waals surface area contributed by atoms with Crippen LogP contribution in [-0.4, -0.2) is 18.4 Å². The first-order valence-corrected chi connectivity index (χ1v) is 8.99. The molecule has 3 rings (SSSR count). The average molecular weight is 385 g/mol. The van der Waals surface area contributed by atoms with Crippen molar-refractivity contribution < 1.29 is 14.3 Å². The SMILES string of the molecule is N#Cc1ccccc1OCC(=O)NNC(=O)C(c1ccccc1)c1ccccc1. The van der Waals surface area contributed by atoms with Crippen molar-refractivity contribution in [1.29, 1.82) is 5.26 Å². The van der Waals surface area contributed by atoms with Crippen molar-refractivity contribution in [3.8, 4) is 11.8 Å². The van der Waals surface area contributed by atoms with Crippen molar-refractivity contribution in [2.75, 3.05) is 6.61 Å². The van der Waals surface area contributed by atoms with Crippen LogP contribution in [0.25, 0.3) is 0 Å². The molecule has 0 aliphatic carbocycles. The third-order valence-corrected chi connectivity index (χ3v) is 4.22. The van der Waals surface area contributed by atoms with Gasteiger partial charge in [0.05, 0.1) is 11.5 Å². The summed E-state index contributed by atoms with van der Waals surface area (Å²) in [5, 5.41) is 9.05. The number of benzene rings is 3. The summed E-state index contributed by atoms with van der Waals surface area (Å²) in [6.45, 7) is -0.333. The van der Waals surface area contributed by atoms with Crippen LogP contribution in [-0.2, 0) is 9.59 Å². The number of ether oxygens (including phenoxy) is 1. The molecule has 0 aromatic heterocycles. The summed E-state index contributed by atoms with van der Waals surface area (Å²) in [6.07, 6.45) is 0. The molecule has 144 valence electrons. The topological polar surface area (TPSA) is 91.2 Å². The number of nitrogens with one attached hydrogen (secondary N) is 2. The van der Waals surface area contributed by atoms with Crippen molar-refractivity contribution in [2.45, 2.75) is 5.92 Å². The van der Waals surface area contributed by atoms with Gasteiger partial charge < -0.3 is 4.74 Å². The zero-order valence-electron chi connectivity index (χ0n) is 15.5. The van der Waals surface area contributed by atoms with Crippen LogP contribution < -0.4 is 15.6 Å². The summed E-state index contributed by atoms with van der Waals surface area (Å²) in [6, 6.07) is 27.2. The monoisotopic (exact) mass is 385 g/mol. The lowest BCUT2D eigenvalue weighted by Crippen LogP contribution is -2.46. The van der Waals surface area contributed by atoms with E-state index < -0.39 is 11.8 Å². The molecule has 0 aliphatic rings. The number of hydrogen-bond donors (Lipinski definition) is 2. The first kappa shape index (κ1) is 19.6. The average Bonchev–Trinajstić information content (AvgIpc) is 2.78. The molecule has 29 heavy (non-hydrogen) atoms. The smallest absolute Gasteiger partial charge is 0.276 e. The Hall–Kier alpha value is -4.11. The van der Waals surface area contributed by atoms with Crippen molar-refractivity contribution in [1.82, 2.24) is 10.9 Å². The molecule has 3 aromatic carbocycles. The lowest BCUT2D eigenvalue weighted by atomic mass is 9.91. The molecule has 2 N–H and O–H groups in total. The normalized spacial score (nSPS) is 10.1. The summed E-state index contributed by atoms with van der Waals surface area (Å²) in [5.41, 5.74) is 6.78. The highest BCUT2D eigenvalue weighted by Crippen LogP contribution is 2.24. The first-order chi connectivity index (χ1) is 14.2. The maximum absolute atomic E-state index is 12.8. The number of nitriles is 1. The third kappa shape index (κ3) is 5.21. The zero-order chi connectivity index (χ0) is 20.5. The van der Waals surface area contributed by atoms with Gasteiger partial charge in [-0.25, -0.2) is 0 Å². The molecule has 0 atom stereocenters. The molecule has 0 bridgehead atoms. The molecule has 6 nitrogen and oxygen atoms in total. The van der Waals surface area contributed by atoms with Gasteiger partial charge in [0.15, 0.2) is 6.61 Å². The number of hydrazine groups is 1. The predicted octanol–water partition coefficient (Wildman–Crippen LogP) is 2.92. The van der Waals surface area contributed by atoms with Crippen molar-refractivity contribution >= 4 is 11.8 Å². The van der Waals surface area contributed by atoms with E-state index in [-0.39, 0.29) is 12.5 Å². The van der Waals surface area contributed by atoms with E-state index in [9.17, 15) is 9.59 Å². The molecule has 0 radical (unpaired) electrons. The molecular weight excluding hydrogens is 366 g/mol. The fraction of sp³-hybridized carbons (Fsp3) is 0.0870. The molecular formula is C23H19N3O3. The highest BCUT2D eigenvalue weighted by atomic mass is 16.5. The quantitative estimate of drug-likeness (QED) is 0.638. The highest BCUT2D eigenvalue weighted by Gasteiger charge is 2.23. The number of hydrogen-bond acceptors (Lipinski definition) is 4. The molecule has 0 saturated carbocycles. The molecule has 0 spiro atoms. The Balaban J connectivity index is 1.63. The van der Waals surface area contributed by atoms with Gasteiger partial charge in [-0.3, -0.25) is 20.4 Å². The summed E-state index contributed by atoms with van der Waals surface area (Å²) in [5.74, 6) is -1.17. The number of carbonyl (C=O) groups is 2. The van der Waals surface area contributed by atoms with Gasteiger partial charge >= 0.3 is 0 Å². The fourth-order valence-electron chi connectivity index (χ4n) is 2.85. The summed E-state index contributed by atoms with van der Waals surface area (Å²) < 4.78 is 5.37.